The zero-order chi connectivity index (χ0) is 31.7. The first-order chi connectivity index (χ1) is 20.5. The van der Waals surface area contributed by atoms with Gasteiger partial charge < -0.3 is 34.6 Å². The molecule has 0 spiro atoms. The van der Waals surface area contributed by atoms with Gasteiger partial charge in [-0.3, -0.25) is 15.0 Å². The van der Waals surface area contributed by atoms with E-state index in [2.05, 4.69) is 10.3 Å². The third-order valence-corrected chi connectivity index (χ3v) is 8.23. The molecule has 0 unspecified atom stereocenters. The number of ether oxygens (including phenoxy) is 3. The molecule has 1 aromatic heterocycles. The molecular formula is C31H44N4O7S. The number of thiazole rings is 1. The number of carbonyl (C=O) groups excluding carboxylic acids is 2. The number of β-amino-alcohol motifs (C(OH)–C–C–N with tert-alkyl or cyclic N) is 1. The molecule has 0 radical (unpaired) electrons. The van der Waals surface area contributed by atoms with Crippen molar-refractivity contribution in [1.29, 1.82) is 5.41 Å². The highest BCUT2D eigenvalue weighted by atomic mass is 32.1. The molecule has 3 rings (SSSR count). The summed E-state index contributed by atoms with van der Waals surface area (Å²) in [6.45, 7) is 11.7. The molecule has 1 aromatic carbocycles. The highest BCUT2D eigenvalue weighted by Crippen LogP contribution is 2.30. The summed E-state index contributed by atoms with van der Waals surface area (Å²) in [7, 11) is 0. The predicted molar refractivity (Wildman–Crippen MR) is 165 cm³/mol. The SMILES string of the molecule is CCOC(COC(=N)/C=C(\O)[C@@H](C(=O)N1C[C@H](O)C[C@H]1C(=O)N[C@@H](C)c1ccc(-c2scnc2C)cc1)C(C)C)OCC. The van der Waals surface area contributed by atoms with Gasteiger partial charge in [-0.15, -0.1) is 11.3 Å². The number of aliphatic hydroxyl groups is 2. The number of nitrogens with zero attached hydrogens (tertiary/aromatic N) is 2. The molecule has 1 aliphatic heterocycles. The zero-order valence-corrected chi connectivity index (χ0v) is 26.5. The first kappa shape index (κ1) is 34.2. The maximum atomic E-state index is 13.7. The predicted octanol–water partition coefficient (Wildman–Crippen LogP) is 4.36. The zero-order valence-electron chi connectivity index (χ0n) is 25.7. The monoisotopic (exact) mass is 616 g/mol. The Hall–Kier alpha value is -3.32. The fourth-order valence-corrected chi connectivity index (χ4v) is 5.88. The lowest BCUT2D eigenvalue weighted by atomic mass is 9.91. The van der Waals surface area contributed by atoms with Crippen molar-refractivity contribution in [3.63, 3.8) is 0 Å². The number of likely N-dealkylation sites (tertiary alicyclic amines) is 1. The summed E-state index contributed by atoms with van der Waals surface area (Å²) in [4.78, 5) is 33.8. The average Bonchev–Trinajstić information content (AvgIpc) is 3.57. The number of nitrogens with one attached hydrogen (secondary N) is 2. The van der Waals surface area contributed by atoms with E-state index in [1.165, 1.54) is 4.90 Å². The molecular weight excluding hydrogens is 572 g/mol. The number of rotatable bonds is 14. The number of benzene rings is 1. The van der Waals surface area contributed by atoms with E-state index < -0.39 is 30.3 Å². The number of aromatic nitrogens is 1. The van der Waals surface area contributed by atoms with Gasteiger partial charge in [-0.25, -0.2) is 4.98 Å². The van der Waals surface area contributed by atoms with Crippen molar-refractivity contribution in [3.05, 3.63) is 52.9 Å². The maximum absolute atomic E-state index is 13.7. The van der Waals surface area contributed by atoms with Gasteiger partial charge in [0.15, 0.2) is 6.29 Å². The summed E-state index contributed by atoms with van der Waals surface area (Å²) in [5.41, 5.74) is 4.72. The Morgan fingerprint density at radius 1 is 1.19 bits per heavy atom. The molecule has 4 atom stereocenters. The van der Waals surface area contributed by atoms with Crippen LogP contribution in [0.2, 0.25) is 0 Å². The van der Waals surface area contributed by atoms with E-state index in [1.54, 1.807) is 25.2 Å². The summed E-state index contributed by atoms with van der Waals surface area (Å²) in [6, 6.07) is 6.63. The molecule has 2 heterocycles. The first-order valence-electron chi connectivity index (χ1n) is 14.6. The van der Waals surface area contributed by atoms with Gasteiger partial charge in [-0.1, -0.05) is 38.1 Å². The molecule has 1 fully saturated rings. The topological polar surface area (TPSA) is 154 Å². The Morgan fingerprint density at radius 3 is 2.40 bits per heavy atom. The quantitative estimate of drug-likeness (QED) is 0.106. The van der Waals surface area contributed by atoms with Crippen LogP contribution in [-0.4, -0.2) is 82.6 Å². The van der Waals surface area contributed by atoms with Crippen LogP contribution >= 0.6 is 11.3 Å². The molecule has 0 saturated carbocycles. The van der Waals surface area contributed by atoms with Crippen molar-refractivity contribution in [2.45, 2.75) is 72.4 Å². The van der Waals surface area contributed by atoms with Crippen molar-refractivity contribution in [1.82, 2.24) is 15.2 Å². The number of aryl methyl sites for hydroxylation is 1. The lowest BCUT2D eigenvalue weighted by Crippen LogP contribution is -2.49. The van der Waals surface area contributed by atoms with Crippen LogP contribution in [0.25, 0.3) is 10.4 Å². The van der Waals surface area contributed by atoms with Gasteiger partial charge in [-0.2, -0.15) is 0 Å². The maximum Gasteiger partial charge on any atom is 0.243 e. The fourth-order valence-electron chi connectivity index (χ4n) is 5.07. The largest absolute Gasteiger partial charge is 0.511 e. The van der Waals surface area contributed by atoms with Crippen molar-refractivity contribution >= 4 is 29.0 Å². The molecule has 43 heavy (non-hydrogen) atoms. The molecule has 1 aliphatic rings. The summed E-state index contributed by atoms with van der Waals surface area (Å²) in [6.07, 6.45) is -0.384. The normalized spacial score (nSPS) is 18.6. The molecule has 0 bridgehead atoms. The minimum atomic E-state index is -1.04. The lowest BCUT2D eigenvalue weighted by molar-refractivity contribution is -0.154. The Morgan fingerprint density at radius 2 is 1.84 bits per heavy atom. The van der Waals surface area contributed by atoms with Crippen LogP contribution in [0, 0.1) is 24.2 Å². The van der Waals surface area contributed by atoms with Gasteiger partial charge in [0.25, 0.3) is 0 Å². The number of amides is 2. The van der Waals surface area contributed by atoms with E-state index >= 15 is 0 Å². The van der Waals surface area contributed by atoms with Gasteiger partial charge in [0.1, 0.15) is 18.4 Å². The van der Waals surface area contributed by atoms with Crippen molar-refractivity contribution in [3.8, 4) is 10.4 Å². The minimum absolute atomic E-state index is 0.0387. The Kier molecular flexibility index (Phi) is 12.7. The van der Waals surface area contributed by atoms with E-state index in [0.29, 0.717) is 13.2 Å². The van der Waals surface area contributed by atoms with Crippen molar-refractivity contribution in [2.24, 2.45) is 11.8 Å². The van der Waals surface area contributed by atoms with Crippen LogP contribution in [0.1, 0.15) is 58.3 Å². The van der Waals surface area contributed by atoms with Gasteiger partial charge >= 0.3 is 0 Å². The fraction of sp³-hybridized carbons (Fsp3) is 0.548. The van der Waals surface area contributed by atoms with E-state index in [1.807, 2.05) is 57.5 Å². The number of carbonyl (C=O) groups is 2. The number of hydrogen-bond donors (Lipinski definition) is 4. The second-order valence-corrected chi connectivity index (χ2v) is 11.7. The minimum Gasteiger partial charge on any atom is -0.511 e. The lowest BCUT2D eigenvalue weighted by Gasteiger charge is -2.30. The van der Waals surface area contributed by atoms with Crippen LogP contribution < -0.4 is 5.32 Å². The van der Waals surface area contributed by atoms with Crippen molar-refractivity contribution in [2.75, 3.05) is 26.4 Å². The Bertz CT molecular complexity index is 1260. The average molecular weight is 617 g/mol. The summed E-state index contributed by atoms with van der Waals surface area (Å²) >= 11 is 1.57. The number of hydrogen-bond acceptors (Lipinski definition) is 10. The summed E-state index contributed by atoms with van der Waals surface area (Å²) in [5, 5.41) is 32.5. The van der Waals surface area contributed by atoms with E-state index in [0.717, 1.165) is 27.8 Å². The second kappa shape index (κ2) is 15.9. The van der Waals surface area contributed by atoms with Crippen molar-refractivity contribution < 1.29 is 34.0 Å². The van der Waals surface area contributed by atoms with E-state index in [9.17, 15) is 19.8 Å². The molecule has 236 valence electrons. The van der Waals surface area contributed by atoms with E-state index in [-0.39, 0.29) is 49.1 Å². The van der Waals surface area contributed by atoms with Crippen LogP contribution in [0.4, 0.5) is 0 Å². The molecule has 2 aromatic rings. The van der Waals surface area contributed by atoms with Crippen LogP contribution in [0.5, 0.6) is 0 Å². The third kappa shape index (κ3) is 9.09. The summed E-state index contributed by atoms with van der Waals surface area (Å²) < 4.78 is 16.2. The van der Waals surface area contributed by atoms with Gasteiger partial charge in [-0.05, 0) is 44.7 Å². The molecule has 0 aliphatic carbocycles. The molecule has 4 N–H and O–H groups in total. The summed E-state index contributed by atoms with van der Waals surface area (Å²) in [5.74, 6) is -3.02. The molecule has 12 heteroatoms. The standard InChI is InChI=1S/C31H44N4O7S/c1-7-40-27(41-8-2)16-42-26(32)14-25(37)28(18(3)4)31(39)35-15-23(36)13-24(35)30(38)34-19(5)21-9-11-22(12-10-21)29-20(6)33-17-43-29/h9-12,14,17-19,23-24,27-28,32,36-37H,7-8,13,15-16H2,1-6H3,(H,34,38)/b25-14-,32-26?/t19-,23+,24-,28-/m0/s1. The Labute approximate surface area is 257 Å². The van der Waals surface area contributed by atoms with Gasteiger partial charge in [0.05, 0.1) is 34.1 Å². The Balaban J connectivity index is 1.68. The van der Waals surface area contributed by atoms with Crippen LogP contribution in [0.15, 0.2) is 41.6 Å². The first-order valence-corrected chi connectivity index (χ1v) is 15.5. The molecule has 2 amide bonds. The smallest absolute Gasteiger partial charge is 0.243 e. The van der Waals surface area contributed by atoms with Gasteiger partial charge in [0, 0.05) is 32.3 Å². The number of aliphatic hydroxyl groups excluding tert-OH is 2. The second-order valence-electron chi connectivity index (χ2n) is 10.8. The third-order valence-electron chi connectivity index (χ3n) is 7.25. The van der Waals surface area contributed by atoms with E-state index in [4.69, 9.17) is 19.6 Å². The molecule has 11 nitrogen and oxygen atoms in total. The van der Waals surface area contributed by atoms with Crippen LogP contribution in [-0.2, 0) is 23.8 Å². The van der Waals surface area contributed by atoms with Gasteiger partial charge in [0.2, 0.25) is 17.7 Å². The highest BCUT2D eigenvalue weighted by molar-refractivity contribution is 7.13. The molecule has 1 saturated heterocycles. The van der Waals surface area contributed by atoms with Crippen LogP contribution in [0.3, 0.4) is 0 Å². The highest BCUT2D eigenvalue weighted by Gasteiger charge is 2.43.